The van der Waals surface area contributed by atoms with Gasteiger partial charge in [-0.1, -0.05) is 41.9 Å². The van der Waals surface area contributed by atoms with Crippen LogP contribution in [0.4, 0.5) is 11.4 Å². The van der Waals surface area contributed by atoms with E-state index >= 15 is 0 Å². The van der Waals surface area contributed by atoms with Crippen LogP contribution in [0.25, 0.3) is 6.08 Å². The summed E-state index contributed by atoms with van der Waals surface area (Å²) in [6.07, 6.45) is 1.31. The summed E-state index contributed by atoms with van der Waals surface area (Å²) in [5.74, 6) is -0.371. The number of fused-ring (bicyclic) bond motifs is 1. The van der Waals surface area contributed by atoms with Gasteiger partial charge in [-0.3, -0.25) is 14.9 Å². The van der Waals surface area contributed by atoms with Crippen LogP contribution in [0.1, 0.15) is 16.8 Å². The number of nitro groups is 1. The van der Waals surface area contributed by atoms with E-state index in [1.54, 1.807) is 11.6 Å². The lowest BCUT2D eigenvalue weighted by molar-refractivity contribution is -0.384. The molecule has 34 heavy (non-hydrogen) atoms. The van der Waals surface area contributed by atoms with Crippen molar-refractivity contribution in [2.45, 2.75) is 13.5 Å². The van der Waals surface area contributed by atoms with Crippen LogP contribution in [-0.2, 0) is 11.3 Å². The zero-order chi connectivity index (χ0) is 24.2. The van der Waals surface area contributed by atoms with Crippen molar-refractivity contribution in [2.75, 3.05) is 18.5 Å². The molecule has 0 atom stereocenters. The highest BCUT2D eigenvalue weighted by atomic mass is 35.5. The molecule has 4 rings (SSSR count). The summed E-state index contributed by atoms with van der Waals surface area (Å²) in [6.45, 7) is 2.64. The lowest BCUT2D eigenvalue weighted by atomic mass is 10.1. The first-order valence-electron chi connectivity index (χ1n) is 10.2. The predicted molar refractivity (Wildman–Crippen MR) is 124 cm³/mol. The molecule has 172 valence electrons. The van der Waals surface area contributed by atoms with Gasteiger partial charge >= 0.3 is 0 Å². The molecule has 1 amide bonds. The number of hydrogen-bond donors (Lipinski definition) is 1. The first-order valence-corrected chi connectivity index (χ1v) is 10.5. The van der Waals surface area contributed by atoms with E-state index in [1.165, 1.54) is 18.2 Å². The van der Waals surface area contributed by atoms with E-state index in [0.29, 0.717) is 17.8 Å². The molecule has 1 aromatic heterocycles. The number of carbonyl (C=O) groups excluding carboxylic acids is 1. The number of anilines is 1. The van der Waals surface area contributed by atoms with E-state index in [1.807, 2.05) is 36.4 Å². The SMILES string of the molecule is Cc1nn(Cc2ccccc2)c(Cl)c1/C=C(\C#N)C(=O)Nc1cc2c(cc1[N+](=O)[O-])OCCO2. The molecule has 10 nitrogen and oxygen atoms in total. The van der Waals surface area contributed by atoms with Gasteiger partial charge in [0, 0.05) is 11.6 Å². The Morgan fingerprint density at radius 2 is 1.97 bits per heavy atom. The second kappa shape index (κ2) is 9.64. The van der Waals surface area contributed by atoms with Crippen LogP contribution < -0.4 is 14.8 Å². The summed E-state index contributed by atoms with van der Waals surface area (Å²) in [5, 5.41) is 28.2. The number of amides is 1. The van der Waals surface area contributed by atoms with Crippen molar-refractivity contribution in [2.24, 2.45) is 0 Å². The number of rotatable bonds is 6. The third-order valence-corrected chi connectivity index (χ3v) is 5.44. The van der Waals surface area contributed by atoms with Gasteiger partial charge in [0.25, 0.3) is 11.6 Å². The number of hydrogen-bond acceptors (Lipinski definition) is 7. The summed E-state index contributed by atoms with van der Waals surface area (Å²) in [5.41, 5.74) is 1.09. The van der Waals surface area contributed by atoms with E-state index < -0.39 is 10.8 Å². The van der Waals surface area contributed by atoms with Gasteiger partial charge in [0.1, 0.15) is 35.7 Å². The normalized spacial score (nSPS) is 12.7. The highest BCUT2D eigenvalue weighted by Gasteiger charge is 2.25. The number of aromatic nitrogens is 2. The monoisotopic (exact) mass is 479 g/mol. The van der Waals surface area contributed by atoms with Gasteiger partial charge in [0.15, 0.2) is 11.5 Å². The fourth-order valence-electron chi connectivity index (χ4n) is 3.40. The number of halogens is 1. The molecular formula is C23H18ClN5O5. The summed E-state index contributed by atoms with van der Waals surface area (Å²) in [6, 6.07) is 13.9. The molecule has 0 saturated carbocycles. The molecule has 0 radical (unpaired) electrons. The van der Waals surface area contributed by atoms with Crippen molar-refractivity contribution in [3.63, 3.8) is 0 Å². The molecule has 0 saturated heterocycles. The van der Waals surface area contributed by atoms with Crippen LogP contribution in [0.3, 0.4) is 0 Å². The molecular weight excluding hydrogens is 462 g/mol. The molecule has 2 aromatic carbocycles. The molecule has 0 fully saturated rings. The predicted octanol–water partition coefficient (Wildman–Crippen LogP) is 4.12. The maximum atomic E-state index is 12.8. The third-order valence-electron chi connectivity index (χ3n) is 5.04. The van der Waals surface area contributed by atoms with Crippen molar-refractivity contribution in [3.8, 4) is 17.6 Å². The summed E-state index contributed by atoms with van der Waals surface area (Å²) in [7, 11) is 0. The summed E-state index contributed by atoms with van der Waals surface area (Å²) >= 11 is 6.49. The smallest absolute Gasteiger partial charge is 0.296 e. The van der Waals surface area contributed by atoms with Crippen molar-refractivity contribution >= 4 is 35.0 Å². The topological polar surface area (TPSA) is 132 Å². The fourth-order valence-corrected chi connectivity index (χ4v) is 3.69. The lowest BCUT2D eigenvalue weighted by Gasteiger charge is -2.19. The van der Waals surface area contributed by atoms with Crippen LogP contribution in [0, 0.1) is 28.4 Å². The van der Waals surface area contributed by atoms with Gasteiger partial charge in [-0.15, -0.1) is 0 Å². The Bertz CT molecular complexity index is 1340. The van der Waals surface area contributed by atoms with Gasteiger partial charge < -0.3 is 14.8 Å². The number of nitrogens with one attached hydrogen (secondary N) is 1. The second-order valence-electron chi connectivity index (χ2n) is 7.33. The molecule has 0 unspecified atom stereocenters. The van der Waals surface area contributed by atoms with E-state index in [9.17, 15) is 20.2 Å². The van der Waals surface area contributed by atoms with E-state index in [-0.39, 0.29) is 46.8 Å². The Balaban J connectivity index is 1.62. The van der Waals surface area contributed by atoms with Gasteiger partial charge in [0.2, 0.25) is 0 Å². The quantitative estimate of drug-likeness (QED) is 0.243. The largest absolute Gasteiger partial charge is 0.486 e. The summed E-state index contributed by atoms with van der Waals surface area (Å²) < 4.78 is 12.4. The Hall–Kier alpha value is -4.36. The first-order chi connectivity index (χ1) is 16.4. The number of nitrogens with zero attached hydrogens (tertiary/aromatic N) is 4. The van der Waals surface area contributed by atoms with Crippen molar-refractivity contribution in [3.05, 3.63) is 80.1 Å². The number of aryl methyl sites for hydroxylation is 1. The lowest BCUT2D eigenvalue weighted by Crippen LogP contribution is -2.18. The number of benzene rings is 2. The minimum atomic E-state index is -0.839. The Morgan fingerprint density at radius 1 is 1.29 bits per heavy atom. The highest BCUT2D eigenvalue weighted by molar-refractivity contribution is 6.31. The maximum absolute atomic E-state index is 12.8. The maximum Gasteiger partial charge on any atom is 0.296 e. The summed E-state index contributed by atoms with van der Waals surface area (Å²) in [4.78, 5) is 23.7. The zero-order valence-electron chi connectivity index (χ0n) is 17.9. The molecule has 1 aliphatic rings. The number of ether oxygens (including phenoxy) is 2. The Kier molecular flexibility index (Phi) is 6.47. The Morgan fingerprint density at radius 3 is 2.62 bits per heavy atom. The Labute approximate surface area is 199 Å². The van der Waals surface area contributed by atoms with Crippen molar-refractivity contribution in [1.82, 2.24) is 9.78 Å². The van der Waals surface area contributed by atoms with Crippen molar-refractivity contribution in [1.29, 1.82) is 5.26 Å². The van der Waals surface area contributed by atoms with Gasteiger partial charge in [-0.25, -0.2) is 4.68 Å². The average molecular weight is 480 g/mol. The van der Waals surface area contributed by atoms with Crippen LogP contribution in [0.5, 0.6) is 11.5 Å². The average Bonchev–Trinajstić information content (AvgIpc) is 3.09. The minimum Gasteiger partial charge on any atom is -0.486 e. The second-order valence-corrected chi connectivity index (χ2v) is 7.69. The van der Waals surface area contributed by atoms with E-state index in [0.717, 1.165) is 5.56 Å². The molecule has 0 aliphatic carbocycles. The standard InChI is InChI=1S/C23H18ClN5O5/c1-14-17(22(24)28(27-14)13-15-5-3-2-4-6-15)9-16(12-25)23(30)26-18-10-20-21(34-8-7-33-20)11-19(18)29(31)32/h2-6,9-11H,7-8,13H2,1H3,(H,26,30)/b16-9+. The fraction of sp³-hybridized carbons (Fsp3) is 0.174. The molecule has 0 bridgehead atoms. The highest BCUT2D eigenvalue weighted by Crippen LogP contribution is 2.39. The van der Waals surface area contributed by atoms with Gasteiger partial charge in [0.05, 0.1) is 23.2 Å². The van der Waals surface area contributed by atoms with Crippen LogP contribution in [-0.4, -0.2) is 33.8 Å². The molecule has 1 N–H and O–H groups in total. The van der Waals surface area contributed by atoms with Gasteiger partial charge in [-0.2, -0.15) is 10.4 Å². The zero-order valence-corrected chi connectivity index (χ0v) is 18.7. The number of nitriles is 1. The third kappa shape index (κ3) is 4.69. The van der Waals surface area contributed by atoms with E-state index in [4.69, 9.17) is 21.1 Å². The molecule has 2 heterocycles. The van der Waals surface area contributed by atoms with E-state index in [2.05, 4.69) is 10.4 Å². The van der Waals surface area contributed by atoms with Crippen LogP contribution in [0.15, 0.2) is 48.0 Å². The first kappa shape index (κ1) is 22.8. The van der Waals surface area contributed by atoms with Gasteiger partial charge in [-0.05, 0) is 18.6 Å². The minimum absolute atomic E-state index is 0.122. The number of carbonyl (C=O) groups is 1. The number of nitro benzene ring substituents is 1. The molecule has 3 aromatic rings. The molecule has 1 aliphatic heterocycles. The van der Waals surface area contributed by atoms with Crippen molar-refractivity contribution < 1.29 is 19.2 Å². The van der Waals surface area contributed by atoms with Crippen LogP contribution in [0.2, 0.25) is 5.15 Å². The van der Waals surface area contributed by atoms with Crippen LogP contribution >= 0.6 is 11.6 Å². The molecule has 0 spiro atoms. The molecule has 11 heteroatoms.